The van der Waals surface area contributed by atoms with Gasteiger partial charge in [-0.15, -0.1) is 0 Å². The lowest BCUT2D eigenvalue weighted by Crippen LogP contribution is -2.32. The molecule has 0 spiro atoms. The summed E-state index contributed by atoms with van der Waals surface area (Å²) in [6, 6.07) is 3.48. The third-order valence-corrected chi connectivity index (χ3v) is 2.86. The van der Waals surface area contributed by atoms with Gasteiger partial charge in [0, 0.05) is 17.6 Å². The van der Waals surface area contributed by atoms with Crippen molar-refractivity contribution in [2.24, 2.45) is 0 Å². The van der Waals surface area contributed by atoms with Gasteiger partial charge in [-0.2, -0.15) is 13.2 Å². The number of halogens is 4. The molecule has 1 rings (SSSR count). The molecule has 0 saturated heterocycles. The topological polar surface area (TPSA) is 41.1 Å². The van der Waals surface area contributed by atoms with E-state index < -0.39 is 17.6 Å². The van der Waals surface area contributed by atoms with E-state index in [0.717, 1.165) is 18.7 Å². The van der Waals surface area contributed by atoms with Crippen LogP contribution in [0.25, 0.3) is 0 Å². The predicted molar refractivity (Wildman–Crippen MR) is 70.0 cm³/mol. The SMILES string of the molecule is CCNCCNC(=O)c1ccc(Br)cc1C(F)(F)F. The number of hydrogen-bond donors (Lipinski definition) is 2. The molecule has 7 heteroatoms. The Balaban J connectivity index is 2.85. The molecular formula is C12H14BrF3N2O. The first-order valence-electron chi connectivity index (χ1n) is 5.72. The van der Waals surface area contributed by atoms with Gasteiger partial charge in [0.15, 0.2) is 0 Å². The molecule has 106 valence electrons. The van der Waals surface area contributed by atoms with Crippen molar-refractivity contribution in [3.63, 3.8) is 0 Å². The lowest BCUT2D eigenvalue weighted by Gasteiger charge is -2.13. The Labute approximate surface area is 117 Å². The van der Waals surface area contributed by atoms with Gasteiger partial charge < -0.3 is 10.6 Å². The quantitative estimate of drug-likeness (QED) is 0.810. The largest absolute Gasteiger partial charge is 0.417 e. The fraction of sp³-hybridized carbons (Fsp3) is 0.417. The second-order valence-corrected chi connectivity index (χ2v) is 4.71. The van der Waals surface area contributed by atoms with Gasteiger partial charge in [-0.05, 0) is 24.7 Å². The molecule has 0 bridgehead atoms. The summed E-state index contributed by atoms with van der Waals surface area (Å²) < 4.78 is 38.7. The van der Waals surface area contributed by atoms with Crippen LogP contribution in [0, 0.1) is 0 Å². The van der Waals surface area contributed by atoms with Crippen LogP contribution in [0.2, 0.25) is 0 Å². The first-order chi connectivity index (χ1) is 8.86. The zero-order valence-corrected chi connectivity index (χ0v) is 11.9. The van der Waals surface area contributed by atoms with Gasteiger partial charge in [0.25, 0.3) is 5.91 Å². The van der Waals surface area contributed by atoms with Crippen molar-refractivity contribution < 1.29 is 18.0 Å². The van der Waals surface area contributed by atoms with Crippen molar-refractivity contribution in [3.05, 3.63) is 33.8 Å². The van der Waals surface area contributed by atoms with E-state index in [9.17, 15) is 18.0 Å². The van der Waals surface area contributed by atoms with E-state index in [-0.39, 0.29) is 16.6 Å². The highest BCUT2D eigenvalue weighted by atomic mass is 79.9. The first-order valence-corrected chi connectivity index (χ1v) is 6.51. The average molecular weight is 339 g/mol. The van der Waals surface area contributed by atoms with E-state index in [2.05, 4.69) is 26.6 Å². The number of rotatable bonds is 5. The second kappa shape index (κ2) is 6.91. The summed E-state index contributed by atoms with van der Waals surface area (Å²) in [4.78, 5) is 11.7. The molecular weight excluding hydrogens is 325 g/mol. The van der Waals surface area contributed by atoms with Crippen LogP contribution in [-0.4, -0.2) is 25.5 Å². The fourth-order valence-electron chi connectivity index (χ4n) is 1.49. The Morgan fingerprint density at radius 3 is 2.58 bits per heavy atom. The maximum atomic E-state index is 12.8. The highest BCUT2D eigenvalue weighted by molar-refractivity contribution is 9.10. The van der Waals surface area contributed by atoms with Crippen LogP contribution >= 0.6 is 15.9 Å². The maximum Gasteiger partial charge on any atom is 0.417 e. The lowest BCUT2D eigenvalue weighted by atomic mass is 10.1. The normalized spacial score (nSPS) is 11.4. The molecule has 1 aromatic carbocycles. The van der Waals surface area contributed by atoms with Crippen LogP contribution in [0.4, 0.5) is 13.2 Å². The summed E-state index contributed by atoms with van der Waals surface area (Å²) in [6.45, 7) is 3.43. The van der Waals surface area contributed by atoms with Crippen LogP contribution < -0.4 is 10.6 Å². The van der Waals surface area contributed by atoms with Crippen molar-refractivity contribution >= 4 is 21.8 Å². The lowest BCUT2D eigenvalue weighted by molar-refractivity contribution is -0.138. The summed E-state index contributed by atoms with van der Waals surface area (Å²) in [6.07, 6.45) is -4.56. The zero-order valence-electron chi connectivity index (χ0n) is 10.3. The minimum absolute atomic E-state index is 0.278. The molecule has 0 saturated carbocycles. The van der Waals surface area contributed by atoms with Gasteiger partial charge in [-0.3, -0.25) is 4.79 Å². The molecule has 0 aliphatic carbocycles. The maximum absolute atomic E-state index is 12.8. The molecule has 0 fully saturated rings. The highest BCUT2D eigenvalue weighted by Crippen LogP contribution is 2.33. The summed E-state index contributed by atoms with van der Waals surface area (Å²) in [5, 5.41) is 5.41. The Hall–Kier alpha value is -1.08. The smallest absolute Gasteiger partial charge is 0.351 e. The van der Waals surface area contributed by atoms with E-state index in [0.29, 0.717) is 6.54 Å². The summed E-state index contributed by atoms with van der Waals surface area (Å²) in [7, 11) is 0. The van der Waals surface area contributed by atoms with Gasteiger partial charge in [-0.25, -0.2) is 0 Å². The van der Waals surface area contributed by atoms with Crippen molar-refractivity contribution in [3.8, 4) is 0 Å². The number of alkyl halides is 3. The molecule has 19 heavy (non-hydrogen) atoms. The minimum atomic E-state index is -4.56. The van der Waals surface area contributed by atoms with Crippen LogP contribution in [0.5, 0.6) is 0 Å². The molecule has 0 unspecified atom stereocenters. The molecule has 0 aliphatic heterocycles. The zero-order chi connectivity index (χ0) is 14.5. The minimum Gasteiger partial charge on any atom is -0.351 e. The molecule has 1 amide bonds. The molecule has 2 N–H and O–H groups in total. The van der Waals surface area contributed by atoms with Crippen LogP contribution in [-0.2, 0) is 6.18 Å². The van der Waals surface area contributed by atoms with E-state index >= 15 is 0 Å². The number of carbonyl (C=O) groups is 1. The Morgan fingerprint density at radius 2 is 2.00 bits per heavy atom. The third kappa shape index (κ3) is 4.83. The molecule has 0 radical (unpaired) electrons. The first kappa shape index (κ1) is 16.0. The molecule has 0 aliphatic rings. The molecule has 0 aromatic heterocycles. The number of likely N-dealkylation sites (N-methyl/N-ethyl adjacent to an activating group) is 1. The number of carbonyl (C=O) groups excluding carboxylic acids is 1. The number of benzene rings is 1. The van der Waals surface area contributed by atoms with Gasteiger partial charge >= 0.3 is 6.18 Å². The summed E-state index contributed by atoms with van der Waals surface area (Å²) in [5.74, 6) is -0.724. The van der Waals surface area contributed by atoms with Gasteiger partial charge in [-0.1, -0.05) is 22.9 Å². The molecule has 0 atom stereocenters. The second-order valence-electron chi connectivity index (χ2n) is 3.80. The number of amides is 1. The van der Waals surface area contributed by atoms with E-state index in [4.69, 9.17) is 0 Å². The molecule has 0 heterocycles. The Bertz CT molecular complexity index is 449. The van der Waals surface area contributed by atoms with Crippen molar-refractivity contribution in [1.82, 2.24) is 10.6 Å². The monoisotopic (exact) mass is 338 g/mol. The van der Waals surface area contributed by atoms with Crippen molar-refractivity contribution in [2.45, 2.75) is 13.1 Å². The van der Waals surface area contributed by atoms with Crippen molar-refractivity contribution in [2.75, 3.05) is 19.6 Å². The van der Waals surface area contributed by atoms with Gasteiger partial charge in [0.1, 0.15) is 0 Å². The molecule has 1 aromatic rings. The Kier molecular flexibility index (Phi) is 5.81. The van der Waals surface area contributed by atoms with E-state index in [1.807, 2.05) is 6.92 Å². The predicted octanol–water partition coefficient (Wildman–Crippen LogP) is 2.81. The van der Waals surface area contributed by atoms with E-state index in [1.165, 1.54) is 6.07 Å². The van der Waals surface area contributed by atoms with Gasteiger partial charge in [0.05, 0.1) is 11.1 Å². The molecule has 3 nitrogen and oxygen atoms in total. The average Bonchev–Trinajstić information content (AvgIpc) is 2.33. The van der Waals surface area contributed by atoms with Crippen LogP contribution in [0.3, 0.4) is 0 Å². The number of hydrogen-bond acceptors (Lipinski definition) is 2. The highest BCUT2D eigenvalue weighted by Gasteiger charge is 2.35. The number of nitrogens with one attached hydrogen (secondary N) is 2. The third-order valence-electron chi connectivity index (χ3n) is 2.37. The van der Waals surface area contributed by atoms with Gasteiger partial charge in [0.2, 0.25) is 0 Å². The fourth-order valence-corrected chi connectivity index (χ4v) is 1.85. The summed E-state index contributed by atoms with van der Waals surface area (Å²) >= 11 is 2.97. The van der Waals surface area contributed by atoms with Crippen molar-refractivity contribution in [1.29, 1.82) is 0 Å². The van der Waals surface area contributed by atoms with Crippen LogP contribution in [0.1, 0.15) is 22.8 Å². The van der Waals surface area contributed by atoms with E-state index in [1.54, 1.807) is 0 Å². The Morgan fingerprint density at radius 1 is 1.32 bits per heavy atom. The van der Waals surface area contributed by atoms with Crippen LogP contribution in [0.15, 0.2) is 22.7 Å². The summed E-state index contributed by atoms with van der Waals surface area (Å²) in [5.41, 5.74) is -1.31. The standard InChI is InChI=1S/C12H14BrF3N2O/c1-2-17-5-6-18-11(19)9-4-3-8(13)7-10(9)12(14,15)16/h3-4,7,17H,2,5-6H2,1H3,(H,18,19).